The van der Waals surface area contributed by atoms with Gasteiger partial charge in [0, 0.05) is 33.1 Å². The Morgan fingerprint density at radius 3 is 2.42 bits per heavy atom. The Labute approximate surface area is 145 Å². The number of rotatable bonds is 3. The topological polar surface area (TPSA) is 67.9 Å². The lowest BCUT2D eigenvalue weighted by Gasteiger charge is -2.29. The molecule has 1 aromatic rings. The Morgan fingerprint density at radius 1 is 1.17 bits per heavy atom. The molecule has 1 N–H and O–H groups in total. The molecule has 2 heterocycles. The van der Waals surface area contributed by atoms with Gasteiger partial charge in [-0.05, 0) is 25.0 Å². The van der Waals surface area contributed by atoms with Gasteiger partial charge in [0.1, 0.15) is 0 Å². The van der Waals surface area contributed by atoms with E-state index in [4.69, 9.17) is 21.1 Å². The molecule has 0 bridgehead atoms. The number of nitrogens with zero attached hydrogens (tertiary/aromatic N) is 1. The van der Waals surface area contributed by atoms with Crippen LogP contribution in [-0.4, -0.2) is 30.8 Å². The number of carbonyl (C=O) groups excluding carboxylic acids is 2. The van der Waals surface area contributed by atoms with Gasteiger partial charge in [0.15, 0.2) is 5.57 Å². The van der Waals surface area contributed by atoms with E-state index < -0.39 is 17.7 Å². The highest BCUT2D eigenvalue weighted by molar-refractivity contribution is 6.34. The fourth-order valence-corrected chi connectivity index (χ4v) is 3.12. The second kappa shape index (κ2) is 6.36. The summed E-state index contributed by atoms with van der Waals surface area (Å²) in [6, 6.07) is 5.47. The minimum Gasteiger partial charge on any atom is -0.419 e. The fraction of sp³-hybridized carbons (Fsp3) is 0.412. The van der Waals surface area contributed by atoms with Crippen molar-refractivity contribution in [1.82, 2.24) is 0 Å². The van der Waals surface area contributed by atoms with E-state index in [1.807, 2.05) is 18.2 Å². The number of hydrogen-bond acceptors (Lipinski definition) is 6. The van der Waals surface area contributed by atoms with Crippen LogP contribution in [0.4, 0.5) is 11.4 Å². The minimum atomic E-state index is -1.25. The van der Waals surface area contributed by atoms with Gasteiger partial charge in [0.25, 0.3) is 5.79 Å². The van der Waals surface area contributed by atoms with Crippen molar-refractivity contribution in [3.05, 3.63) is 35.0 Å². The van der Waals surface area contributed by atoms with Crippen molar-refractivity contribution in [2.24, 2.45) is 0 Å². The van der Waals surface area contributed by atoms with Gasteiger partial charge in [0.05, 0.1) is 16.4 Å². The second-order valence-electron chi connectivity index (χ2n) is 6.21. The zero-order valence-corrected chi connectivity index (χ0v) is 14.4. The SMILES string of the molecule is CC1(C)OC(=O)C(=CNc2cccc(Cl)c2N2CCCC2)C(=O)O1. The van der Waals surface area contributed by atoms with E-state index in [-0.39, 0.29) is 5.57 Å². The van der Waals surface area contributed by atoms with Gasteiger partial charge in [-0.15, -0.1) is 0 Å². The van der Waals surface area contributed by atoms with Crippen molar-refractivity contribution in [3.8, 4) is 0 Å². The lowest BCUT2D eigenvalue weighted by atomic mass is 10.2. The summed E-state index contributed by atoms with van der Waals surface area (Å²) in [7, 11) is 0. The number of para-hydroxylation sites is 1. The molecule has 0 aliphatic carbocycles. The van der Waals surface area contributed by atoms with Crippen molar-refractivity contribution in [2.45, 2.75) is 32.5 Å². The molecule has 2 aliphatic heterocycles. The predicted octanol–water partition coefficient (Wildman–Crippen LogP) is 3.07. The average Bonchev–Trinajstić information content (AvgIpc) is 2.99. The summed E-state index contributed by atoms with van der Waals surface area (Å²) in [6.07, 6.45) is 3.53. The lowest BCUT2D eigenvalue weighted by molar-refractivity contribution is -0.222. The number of cyclic esters (lactones) is 2. The quantitative estimate of drug-likeness (QED) is 0.513. The fourth-order valence-electron chi connectivity index (χ4n) is 2.82. The molecule has 3 rings (SSSR count). The average molecular weight is 351 g/mol. The molecule has 2 aliphatic rings. The Bertz CT molecular complexity index is 687. The van der Waals surface area contributed by atoms with Gasteiger partial charge in [-0.1, -0.05) is 17.7 Å². The third kappa shape index (κ3) is 3.33. The van der Waals surface area contributed by atoms with Gasteiger partial charge in [0.2, 0.25) is 0 Å². The summed E-state index contributed by atoms with van der Waals surface area (Å²) in [5, 5.41) is 3.62. The summed E-state index contributed by atoms with van der Waals surface area (Å²) in [4.78, 5) is 26.1. The molecule has 128 valence electrons. The normalized spacial score (nSPS) is 19.8. The first-order valence-corrected chi connectivity index (χ1v) is 8.22. The molecule has 6 nitrogen and oxygen atoms in total. The van der Waals surface area contributed by atoms with Crippen LogP contribution in [0, 0.1) is 0 Å². The number of ether oxygens (including phenoxy) is 2. The molecule has 1 aromatic carbocycles. The number of hydrogen-bond donors (Lipinski definition) is 1. The van der Waals surface area contributed by atoms with Gasteiger partial charge in [-0.25, -0.2) is 9.59 Å². The molecule has 2 fully saturated rings. The third-order valence-electron chi connectivity index (χ3n) is 3.90. The van der Waals surface area contributed by atoms with Crippen LogP contribution in [0.15, 0.2) is 30.0 Å². The van der Waals surface area contributed by atoms with Gasteiger partial charge < -0.3 is 19.7 Å². The maximum absolute atomic E-state index is 12.0. The van der Waals surface area contributed by atoms with Crippen LogP contribution >= 0.6 is 11.6 Å². The summed E-state index contributed by atoms with van der Waals surface area (Å²) in [6.45, 7) is 4.87. The number of halogens is 1. The zero-order valence-electron chi connectivity index (χ0n) is 13.6. The van der Waals surface area contributed by atoms with E-state index in [0.29, 0.717) is 5.02 Å². The first kappa shape index (κ1) is 16.6. The molecule has 0 aromatic heterocycles. The standard InChI is InChI=1S/C17H19ClN2O4/c1-17(2)23-15(21)11(16(22)24-17)10-19-13-7-5-6-12(18)14(13)20-8-3-4-9-20/h5-7,10,19H,3-4,8-9H2,1-2H3. The van der Waals surface area contributed by atoms with Crippen LogP contribution in [0.5, 0.6) is 0 Å². The van der Waals surface area contributed by atoms with Crippen molar-refractivity contribution in [2.75, 3.05) is 23.3 Å². The van der Waals surface area contributed by atoms with Gasteiger partial charge >= 0.3 is 11.9 Å². The first-order chi connectivity index (χ1) is 11.4. The van der Waals surface area contributed by atoms with Crippen LogP contribution < -0.4 is 10.2 Å². The summed E-state index contributed by atoms with van der Waals surface area (Å²) < 4.78 is 10.1. The van der Waals surface area contributed by atoms with E-state index in [9.17, 15) is 9.59 Å². The van der Waals surface area contributed by atoms with Crippen molar-refractivity contribution in [3.63, 3.8) is 0 Å². The minimum absolute atomic E-state index is 0.179. The third-order valence-corrected chi connectivity index (χ3v) is 4.20. The number of nitrogens with one attached hydrogen (secondary N) is 1. The molecule has 0 unspecified atom stereocenters. The highest BCUT2D eigenvalue weighted by Crippen LogP contribution is 2.36. The smallest absolute Gasteiger partial charge is 0.350 e. The second-order valence-corrected chi connectivity index (χ2v) is 6.62. The molecular formula is C17H19ClN2O4. The molecule has 7 heteroatoms. The number of benzene rings is 1. The van der Waals surface area contributed by atoms with Crippen molar-refractivity contribution in [1.29, 1.82) is 0 Å². The van der Waals surface area contributed by atoms with Crippen LogP contribution in [0.3, 0.4) is 0 Å². The van der Waals surface area contributed by atoms with Crippen molar-refractivity contribution >= 4 is 34.9 Å². The largest absolute Gasteiger partial charge is 0.419 e. The van der Waals surface area contributed by atoms with E-state index in [2.05, 4.69) is 10.2 Å². The maximum Gasteiger partial charge on any atom is 0.350 e. The number of esters is 2. The van der Waals surface area contributed by atoms with Crippen molar-refractivity contribution < 1.29 is 19.1 Å². The first-order valence-electron chi connectivity index (χ1n) is 7.84. The molecule has 0 atom stereocenters. The zero-order chi connectivity index (χ0) is 17.3. The molecule has 0 saturated carbocycles. The highest BCUT2D eigenvalue weighted by atomic mass is 35.5. The van der Waals surface area contributed by atoms with Crippen LogP contribution in [0.25, 0.3) is 0 Å². The molecule has 0 spiro atoms. The molecule has 0 amide bonds. The van der Waals surface area contributed by atoms with E-state index in [1.54, 1.807) is 0 Å². The Kier molecular flexibility index (Phi) is 4.41. The van der Waals surface area contributed by atoms with Gasteiger partial charge in [-0.2, -0.15) is 0 Å². The molecule has 0 radical (unpaired) electrons. The van der Waals surface area contributed by atoms with Crippen LogP contribution in [0.2, 0.25) is 5.02 Å². The maximum atomic E-state index is 12.0. The summed E-state index contributed by atoms with van der Waals surface area (Å²) >= 11 is 6.34. The molecule has 24 heavy (non-hydrogen) atoms. The van der Waals surface area contributed by atoms with E-state index >= 15 is 0 Å². The molecular weight excluding hydrogens is 332 g/mol. The highest BCUT2D eigenvalue weighted by Gasteiger charge is 2.39. The number of anilines is 2. The summed E-state index contributed by atoms with van der Waals surface area (Å²) in [5.41, 5.74) is 1.41. The molecule has 2 saturated heterocycles. The Morgan fingerprint density at radius 2 is 1.79 bits per heavy atom. The van der Waals surface area contributed by atoms with E-state index in [1.165, 1.54) is 20.0 Å². The van der Waals surface area contributed by atoms with E-state index in [0.717, 1.165) is 37.3 Å². The number of carbonyl (C=O) groups is 2. The summed E-state index contributed by atoms with van der Waals surface area (Å²) in [5.74, 6) is -2.68. The van der Waals surface area contributed by atoms with Crippen LogP contribution in [-0.2, 0) is 19.1 Å². The predicted molar refractivity (Wildman–Crippen MR) is 90.9 cm³/mol. The monoisotopic (exact) mass is 350 g/mol. The lowest BCUT2D eigenvalue weighted by Crippen LogP contribution is -2.42. The Hall–Kier alpha value is -2.21. The van der Waals surface area contributed by atoms with Gasteiger partial charge in [-0.3, -0.25) is 0 Å². The Balaban J connectivity index is 1.85. The van der Waals surface area contributed by atoms with Crippen LogP contribution in [0.1, 0.15) is 26.7 Å².